The summed E-state index contributed by atoms with van der Waals surface area (Å²) >= 11 is 0. The summed E-state index contributed by atoms with van der Waals surface area (Å²) in [6, 6.07) is -0.170. The number of likely N-dealkylation sites (N-methyl/N-ethyl adjacent to an activating group) is 1. The van der Waals surface area contributed by atoms with Crippen LogP contribution >= 0.6 is 0 Å². The maximum atomic E-state index is 12.4. The van der Waals surface area contributed by atoms with Gasteiger partial charge in [-0.25, -0.2) is 4.79 Å². The van der Waals surface area contributed by atoms with Crippen LogP contribution < -0.4 is 0 Å². The fraction of sp³-hybridized carbons (Fsp3) is 0.824. The molecule has 0 aromatic carbocycles. The molecule has 112 valence electrons. The van der Waals surface area contributed by atoms with Gasteiger partial charge in [0.15, 0.2) is 0 Å². The van der Waals surface area contributed by atoms with Crippen molar-refractivity contribution < 1.29 is 9.53 Å². The maximum absolute atomic E-state index is 12.4. The van der Waals surface area contributed by atoms with Crippen molar-refractivity contribution >= 4 is 5.97 Å². The third-order valence-corrected chi connectivity index (χ3v) is 6.54. The molecule has 4 unspecified atom stereocenters. The largest absolute Gasteiger partial charge is 0.460 e. The van der Waals surface area contributed by atoms with Crippen LogP contribution in [-0.2, 0) is 9.53 Å². The predicted molar refractivity (Wildman–Crippen MR) is 79.3 cm³/mol. The van der Waals surface area contributed by atoms with E-state index in [9.17, 15) is 4.79 Å². The minimum atomic E-state index is -0.170. The van der Waals surface area contributed by atoms with E-state index in [0.29, 0.717) is 0 Å². The van der Waals surface area contributed by atoms with Gasteiger partial charge in [-0.1, -0.05) is 39.3 Å². The van der Waals surface area contributed by atoms with Crippen molar-refractivity contribution in [2.24, 2.45) is 16.7 Å². The van der Waals surface area contributed by atoms with Crippen LogP contribution in [0.5, 0.6) is 0 Å². The van der Waals surface area contributed by atoms with E-state index in [1.807, 2.05) is 24.1 Å². The predicted octanol–water partition coefficient (Wildman–Crippen LogP) is 3.00. The summed E-state index contributed by atoms with van der Waals surface area (Å²) in [6.45, 7) is 7.80. The van der Waals surface area contributed by atoms with Gasteiger partial charge >= 0.3 is 5.97 Å². The first-order valence-corrected chi connectivity index (χ1v) is 8.00. The van der Waals surface area contributed by atoms with Gasteiger partial charge in [0.25, 0.3) is 0 Å². The summed E-state index contributed by atoms with van der Waals surface area (Å²) in [5, 5.41) is 0. The van der Waals surface area contributed by atoms with Gasteiger partial charge < -0.3 is 4.74 Å². The van der Waals surface area contributed by atoms with Gasteiger partial charge in [-0.3, -0.25) is 4.90 Å². The van der Waals surface area contributed by atoms with Crippen molar-refractivity contribution in [1.82, 2.24) is 4.90 Å². The lowest BCUT2D eigenvalue weighted by Gasteiger charge is -2.69. The summed E-state index contributed by atoms with van der Waals surface area (Å²) in [7, 11) is 1.98. The van der Waals surface area contributed by atoms with E-state index in [2.05, 4.69) is 20.8 Å². The lowest BCUT2D eigenvalue weighted by Crippen LogP contribution is -2.68. The van der Waals surface area contributed by atoms with Gasteiger partial charge in [-0.05, 0) is 37.6 Å². The Morgan fingerprint density at radius 2 is 2.25 bits per heavy atom. The lowest BCUT2D eigenvalue weighted by atomic mass is 9.37. The molecule has 1 aliphatic heterocycles. The van der Waals surface area contributed by atoms with Crippen molar-refractivity contribution in [2.75, 3.05) is 13.6 Å². The first-order valence-electron chi connectivity index (χ1n) is 8.00. The van der Waals surface area contributed by atoms with Gasteiger partial charge in [0.2, 0.25) is 0 Å². The molecule has 2 fully saturated rings. The van der Waals surface area contributed by atoms with E-state index >= 15 is 0 Å². The number of esters is 1. The Kier molecular flexibility index (Phi) is 3.24. The van der Waals surface area contributed by atoms with Crippen molar-refractivity contribution in [3.05, 3.63) is 12.2 Å². The fourth-order valence-corrected chi connectivity index (χ4v) is 4.61. The van der Waals surface area contributed by atoms with Crippen LogP contribution in [0.15, 0.2) is 12.2 Å². The van der Waals surface area contributed by atoms with Crippen molar-refractivity contribution in [3.63, 3.8) is 0 Å². The second kappa shape index (κ2) is 4.59. The van der Waals surface area contributed by atoms with Crippen LogP contribution in [-0.4, -0.2) is 36.6 Å². The van der Waals surface area contributed by atoms with E-state index in [1.54, 1.807) is 0 Å². The minimum Gasteiger partial charge on any atom is -0.460 e. The zero-order valence-electron chi connectivity index (χ0n) is 13.2. The summed E-state index contributed by atoms with van der Waals surface area (Å²) < 4.78 is 5.93. The van der Waals surface area contributed by atoms with Gasteiger partial charge in [0, 0.05) is 12.0 Å². The van der Waals surface area contributed by atoms with Crippen LogP contribution in [0.3, 0.4) is 0 Å². The van der Waals surface area contributed by atoms with Crippen molar-refractivity contribution in [3.8, 4) is 0 Å². The molecule has 0 spiro atoms. The summed E-state index contributed by atoms with van der Waals surface area (Å²) in [5.74, 6) is 0.731. The first kappa shape index (κ1) is 14.1. The molecule has 4 atom stereocenters. The molecule has 3 heteroatoms. The SMILES string of the molecule is CCC(C)(C)C12CCC1CC2OC(=O)C1C=CCN1C. The number of ether oxygens (including phenoxy) is 1. The topological polar surface area (TPSA) is 29.5 Å². The number of hydrogen-bond donors (Lipinski definition) is 0. The van der Waals surface area contributed by atoms with Gasteiger partial charge in [0.1, 0.15) is 12.1 Å². The molecule has 3 nitrogen and oxygen atoms in total. The molecule has 0 amide bonds. The van der Waals surface area contributed by atoms with Gasteiger partial charge in [-0.15, -0.1) is 0 Å². The highest BCUT2D eigenvalue weighted by molar-refractivity contribution is 5.79. The van der Waals surface area contributed by atoms with E-state index in [-0.39, 0.29) is 28.9 Å². The highest BCUT2D eigenvalue weighted by Crippen LogP contribution is 2.70. The summed E-state index contributed by atoms with van der Waals surface area (Å²) in [6.07, 6.45) is 8.94. The molecule has 20 heavy (non-hydrogen) atoms. The smallest absolute Gasteiger partial charge is 0.327 e. The Labute approximate surface area is 122 Å². The molecular formula is C17H27NO2. The van der Waals surface area contributed by atoms with Crippen molar-refractivity contribution in [1.29, 1.82) is 0 Å². The third-order valence-electron chi connectivity index (χ3n) is 6.54. The highest BCUT2D eigenvalue weighted by atomic mass is 16.5. The molecule has 0 radical (unpaired) electrons. The molecule has 1 heterocycles. The van der Waals surface area contributed by atoms with Crippen LogP contribution in [0.25, 0.3) is 0 Å². The highest BCUT2D eigenvalue weighted by Gasteiger charge is 2.68. The Morgan fingerprint density at radius 1 is 1.50 bits per heavy atom. The number of hydrogen-bond acceptors (Lipinski definition) is 3. The first-order chi connectivity index (χ1) is 9.42. The van der Waals surface area contributed by atoms with E-state index in [0.717, 1.165) is 25.3 Å². The quantitative estimate of drug-likeness (QED) is 0.584. The van der Waals surface area contributed by atoms with Gasteiger partial charge in [-0.2, -0.15) is 0 Å². The Hall–Kier alpha value is -0.830. The third kappa shape index (κ3) is 1.71. The van der Waals surface area contributed by atoms with Gasteiger partial charge in [0.05, 0.1) is 0 Å². The van der Waals surface area contributed by atoms with E-state index in [4.69, 9.17) is 4.74 Å². The second-order valence-electron chi connectivity index (χ2n) is 7.49. The number of rotatable bonds is 4. The van der Waals surface area contributed by atoms with E-state index in [1.165, 1.54) is 12.8 Å². The number of carbonyl (C=O) groups excluding carboxylic acids is 1. The molecule has 3 rings (SSSR count). The second-order valence-corrected chi connectivity index (χ2v) is 7.49. The zero-order valence-corrected chi connectivity index (χ0v) is 13.2. The Bertz CT molecular complexity index is 442. The summed E-state index contributed by atoms with van der Waals surface area (Å²) in [5.41, 5.74) is 0.537. The fourth-order valence-electron chi connectivity index (χ4n) is 4.61. The molecule has 0 bridgehead atoms. The van der Waals surface area contributed by atoms with Crippen LogP contribution in [0, 0.1) is 16.7 Å². The zero-order chi connectivity index (χ0) is 14.5. The molecule has 2 aliphatic carbocycles. The van der Waals surface area contributed by atoms with Crippen LogP contribution in [0.2, 0.25) is 0 Å². The average Bonchev–Trinajstić information content (AvgIpc) is 2.81. The summed E-state index contributed by atoms with van der Waals surface area (Å²) in [4.78, 5) is 14.4. The average molecular weight is 277 g/mol. The van der Waals surface area contributed by atoms with Crippen LogP contribution in [0.1, 0.15) is 46.5 Å². The van der Waals surface area contributed by atoms with Crippen LogP contribution in [0.4, 0.5) is 0 Å². The molecule has 2 saturated carbocycles. The minimum absolute atomic E-state index is 0.0529. The number of fused-ring (bicyclic) bond motifs is 1. The Balaban J connectivity index is 1.70. The molecule has 0 N–H and O–H groups in total. The molecule has 0 saturated heterocycles. The normalized spacial score (nSPS) is 39.9. The number of carbonyl (C=O) groups is 1. The standard InChI is InChI=1S/C17H27NO2/c1-5-16(2,3)17-9-8-12(17)11-14(17)20-15(19)13-7-6-10-18(13)4/h6-7,12-14H,5,8-11H2,1-4H3. The molecule has 0 aromatic rings. The molecule has 3 aliphatic rings. The lowest BCUT2D eigenvalue weighted by molar-refractivity contribution is -0.261. The monoisotopic (exact) mass is 277 g/mol. The van der Waals surface area contributed by atoms with E-state index < -0.39 is 0 Å². The number of nitrogens with zero attached hydrogens (tertiary/aromatic N) is 1. The molecule has 0 aromatic heterocycles. The Morgan fingerprint density at radius 3 is 2.70 bits per heavy atom. The maximum Gasteiger partial charge on any atom is 0.327 e. The van der Waals surface area contributed by atoms with Crippen molar-refractivity contribution in [2.45, 2.75) is 58.6 Å². The molecular weight excluding hydrogens is 250 g/mol.